The lowest BCUT2D eigenvalue weighted by Crippen LogP contribution is -2.37. The summed E-state index contributed by atoms with van der Waals surface area (Å²) in [5.74, 6) is 2.23. The van der Waals surface area contributed by atoms with Crippen molar-refractivity contribution in [1.82, 2.24) is 15.5 Å². The van der Waals surface area contributed by atoms with E-state index in [0.29, 0.717) is 0 Å². The number of aliphatic imine (C=N–C) groups is 1. The Morgan fingerprint density at radius 3 is 2.38 bits per heavy atom. The van der Waals surface area contributed by atoms with Crippen molar-refractivity contribution in [2.24, 2.45) is 4.99 Å². The Morgan fingerprint density at radius 1 is 1.00 bits per heavy atom. The number of hydrogen-bond donors (Lipinski definition) is 2. The van der Waals surface area contributed by atoms with Crippen LogP contribution in [0.5, 0.6) is 0 Å². The van der Waals surface area contributed by atoms with E-state index in [4.69, 9.17) is 0 Å². The second-order valence-electron chi connectivity index (χ2n) is 5.12. The molecule has 0 aromatic heterocycles. The standard InChI is InChI=1S/C16H36N4S/c1-5-17-16(19-13-9-11-15-21-4)18-12-8-10-14-20(6-2)7-3/h5-15H2,1-4H3,(H2,17,18,19). The van der Waals surface area contributed by atoms with Gasteiger partial charge in [0.25, 0.3) is 0 Å². The first kappa shape index (κ1) is 20.6. The first-order chi connectivity index (χ1) is 10.3. The van der Waals surface area contributed by atoms with Crippen LogP contribution in [-0.2, 0) is 0 Å². The van der Waals surface area contributed by atoms with Crippen molar-refractivity contribution in [3.05, 3.63) is 0 Å². The Hall–Kier alpha value is -0.420. The van der Waals surface area contributed by atoms with Crippen molar-refractivity contribution in [1.29, 1.82) is 0 Å². The number of unbranched alkanes of at least 4 members (excludes halogenated alkanes) is 2. The average molecular weight is 317 g/mol. The molecule has 126 valence electrons. The summed E-state index contributed by atoms with van der Waals surface area (Å²) in [5.41, 5.74) is 0. The van der Waals surface area contributed by atoms with E-state index >= 15 is 0 Å². The van der Waals surface area contributed by atoms with Gasteiger partial charge in [-0.3, -0.25) is 4.99 Å². The van der Waals surface area contributed by atoms with Crippen molar-refractivity contribution >= 4 is 17.7 Å². The fraction of sp³-hybridized carbons (Fsp3) is 0.938. The number of rotatable bonds is 13. The average Bonchev–Trinajstić information content (AvgIpc) is 2.50. The molecule has 0 heterocycles. The number of guanidine groups is 1. The van der Waals surface area contributed by atoms with E-state index in [-0.39, 0.29) is 0 Å². The zero-order chi connectivity index (χ0) is 15.8. The van der Waals surface area contributed by atoms with E-state index in [9.17, 15) is 0 Å². The third-order valence-electron chi connectivity index (χ3n) is 3.46. The summed E-state index contributed by atoms with van der Waals surface area (Å²) in [4.78, 5) is 7.12. The predicted octanol–water partition coefficient (Wildman–Crippen LogP) is 2.81. The summed E-state index contributed by atoms with van der Waals surface area (Å²) in [6.45, 7) is 12.9. The molecule has 0 aliphatic heterocycles. The minimum absolute atomic E-state index is 0.918. The molecule has 0 spiro atoms. The molecule has 2 N–H and O–H groups in total. The molecule has 0 aliphatic carbocycles. The van der Waals surface area contributed by atoms with Crippen molar-refractivity contribution in [3.63, 3.8) is 0 Å². The van der Waals surface area contributed by atoms with Gasteiger partial charge in [-0.1, -0.05) is 13.8 Å². The zero-order valence-corrected chi connectivity index (χ0v) is 15.4. The number of hydrogen-bond acceptors (Lipinski definition) is 3. The smallest absolute Gasteiger partial charge is 0.191 e. The van der Waals surface area contributed by atoms with Gasteiger partial charge in [-0.05, 0) is 64.2 Å². The molecule has 0 aliphatic rings. The highest BCUT2D eigenvalue weighted by atomic mass is 32.2. The zero-order valence-electron chi connectivity index (χ0n) is 14.6. The van der Waals surface area contributed by atoms with Gasteiger partial charge in [-0.2, -0.15) is 11.8 Å². The SMILES string of the molecule is CCNC(=NCCCCN(CC)CC)NCCCCSC. The van der Waals surface area contributed by atoms with Crippen LogP contribution in [0.4, 0.5) is 0 Å². The van der Waals surface area contributed by atoms with Gasteiger partial charge in [0, 0.05) is 19.6 Å². The van der Waals surface area contributed by atoms with Gasteiger partial charge in [0.1, 0.15) is 0 Å². The molecule has 0 fully saturated rings. The molecule has 0 atom stereocenters. The van der Waals surface area contributed by atoms with Crippen LogP contribution in [0.25, 0.3) is 0 Å². The highest BCUT2D eigenvalue weighted by molar-refractivity contribution is 7.98. The summed E-state index contributed by atoms with van der Waals surface area (Å²) in [6, 6.07) is 0. The fourth-order valence-electron chi connectivity index (χ4n) is 2.10. The number of nitrogens with zero attached hydrogens (tertiary/aromatic N) is 2. The van der Waals surface area contributed by atoms with Crippen molar-refractivity contribution < 1.29 is 0 Å². The Kier molecular flexibility index (Phi) is 15.6. The van der Waals surface area contributed by atoms with E-state index < -0.39 is 0 Å². The molecule has 0 unspecified atom stereocenters. The maximum absolute atomic E-state index is 4.65. The van der Waals surface area contributed by atoms with Gasteiger partial charge in [0.15, 0.2) is 5.96 Å². The quantitative estimate of drug-likeness (QED) is 0.311. The van der Waals surface area contributed by atoms with Crippen LogP contribution in [0, 0.1) is 0 Å². The van der Waals surface area contributed by atoms with Crippen LogP contribution in [-0.4, -0.2) is 62.1 Å². The molecule has 5 heteroatoms. The molecule has 0 rings (SSSR count). The topological polar surface area (TPSA) is 39.7 Å². The van der Waals surface area contributed by atoms with Gasteiger partial charge < -0.3 is 15.5 Å². The second-order valence-corrected chi connectivity index (χ2v) is 6.11. The van der Waals surface area contributed by atoms with E-state index in [0.717, 1.165) is 38.7 Å². The summed E-state index contributed by atoms with van der Waals surface area (Å²) < 4.78 is 0. The normalized spacial score (nSPS) is 12.0. The minimum Gasteiger partial charge on any atom is -0.357 e. The first-order valence-electron chi connectivity index (χ1n) is 8.51. The Bertz CT molecular complexity index is 242. The largest absolute Gasteiger partial charge is 0.357 e. The molecule has 0 radical (unpaired) electrons. The van der Waals surface area contributed by atoms with Crippen LogP contribution in [0.1, 0.15) is 46.5 Å². The van der Waals surface area contributed by atoms with Crippen LogP contribution in [0.3, 0.4) is 0 Å². The Labute approximate surface area is 136 Å². The predicted molar refractivity (Wildman–Crippen MR) is 98.6 cm³/mol. The van der Waals surface area contributed by atoms with Gasteiger partial charge in [0.05, 0.1) is 0 Å². The highest BCUT2D eigenvalue weighted by Gasteiger charge is 1.99. The van der Waals surface area contributed by atoms with Crippen molar-refractivity contribution in [2.45, 2.75) is 46.5 Å². The molecular formula is C16H36N4S. The van der Waals surface area contributed by atoms with Crippen LogP contribution >= 0.6 is 11.8 Å². The Morgan fingerprint density at radius 2 is 1.76 bits per heavy atom. The summed E-state index contributed by atoms with van der Waals surface area (Å²) in [5, 5.41) is 6.74. The lowest BCUT2D eigenvalue weighted by molar-refractivity contribution is 0.297. The molecule has 0 bridgehead atoms. The van der Waals surface area contributed by atoms with E-state index in [1.54, 1.807) is 0 Å². The van der Waals surface area contributed by atoms with E-state index in [1.807, 2.05) is 11.8 Å². The van der Waals surface area contributed by atoms with Gasteiger partial charge in [-0.25, -0.2) is 0 Å². The first-order valence-corrected chi connectivity index (χ1v) is 9.91. The van der Waals surface area contributed by atoms with Gasteiger partial charge in [-0.15, -0.1) is 0 Å². The van der Waals surface area contributed by atoms with E-state index in [2.05, 4.69) is 47.6 Å². The maximum atomic E-state index is 4.65. The van der Waals surface area contributed by atoms with Crippen LogP contribution in [0.15, 0.2) is 4.99 Å². The van der Waals surface area contributed by atoms with Crippen LogP contribution < -0.4 is 10.6 Å². The fourth-order valence-corrected chi connectivity index (χ4v) is 2.59. The molecule has 0 saturated heterocycles. The highest BCUT2D eigenvalue weighted by Crippen LogP contribution is 1.98. The van der Waals surface area contributed by atoms with Gasteiger partial charge in [0.2, 0.25) is 0 Å². The summed E-state index contributed by atoms with van der Waals surface area (Å²) in [6.07, 6.45) is 7.06. The summed E-state index contributed by atoms with van der Waals surface area (Å²) >= 11 is 1.92. The van der Waals surface area contributed by atoms with E-state index in [1.165, 1.54) is 38.0 Å². The summed E-state index contributed by atoms with van der Waals surface area (Å²) in [7, 11) is 0. The lowest BCUT2D eigenvalue weighted by atomic mass is 10.3. The molecule has 0 amide bonds. The number of nitrogens with one attached hydrogen (secondary N) is 2. The maximum Gasteiger partial charge on any atom is 0.191 e. The van der Waals surface area contributed by atoms with Crippen molar-refractivity contribution in [3.8, 4) is 0 Å². The number of thioether (sulfide) groups is 1. The third kappa shape index (κ3) is 13.0. The molecule has 4 nitrogen and oxygen atoms in total. The third-order valence-corrected chi connectivity index (χ3v) is 4.16. The monoisotopic (exact) mass is 316 g/mol. The minimum atomic E-state index is 0.918. The van der Waals surface area contributed by atoms with Gasteiger partial charge >= 0.3 is 0 Å². The Balaban J connectivity index is 3.77. The lowest BCUT2D eigenvalue weighted by Gasteiger charge is -2.17. The molecule has 21 heavy (non-hydrogen) atoms. The molecule has 0 saturated carbocycles. The second kappa shape index (κ2) is 16.0. The van der Waals surface area contributed by atoms with Crippen molar-refractivity contribution in [2.75, 3.05) is 51.3 Å². The molecule has 0 aromatic carbocycles. The molecule has 0 aromatic rings. The molecular weight excluding hydrogens is 280 g/mol. The van der Waals surface area contributed by atoms with Crippen LogP contribution in [0.2, 0.25) is 0 Å².